The van der Waals surface area contributed by atoms with Gasteiger partial charge in [0.25, 0.3) is 0 Å². The van der Waals surface area contributed by atoms with Gasteiger partial charge in [0.05, 0.1) is 32.6 Å². The molecule has 2 fully saturated rings. The van der Waals surface area contributed by atoms with E-state index in [0.717, 1.165) is 56.9 Å². The van der Waals surface area contributed by atoms with E-state index in [0.29, 0.717) is 12.8 Å². The summed E-state index contributed by atoms with van der Waals surface area (Å²) < 4.78 is 0. The summed E-state index contributed by atoms with van der Waals surface area (Å²) in [6, 6.07) is 12.0. The molecule has 1 aromatic carbocycles. The minimum absolute atomic E-state index is 0.188. The van der Waals surface area contributed by atoms with E-state index in [1.807, 2.05) is 46.5 Å². The molecule has 2 amide bonds. The Morgan fingerprint density at radius 3 is 2.32 bits per heavy atom. The first-order valence-electron chi connectivity index (χ1n) is 10.1. The van der Waals surface area contributed by atoms with Crippen LogP contribution in [0.4, 0.5) is 5.69 Å². The second kappa shape index (κ2) is 8.52. The molecule has 28 heavy (non-hydrogen) atoms. The molecular formula is C22H27N4O2+. The zero-order valence-electron chi connectivity index (χ0n) is 16.1. The fourth-order valence-electron chi connectivity index (χ4n) is 4.04. The summed E-state index contributed by atoms with van der Waals surface area (Å²) in [5.41, 5.74) is 3.24. The molecule has 146 valence electrons. The summed E-state index contributed by atoms with van der Waals surface area (Å²) >= 11 is 0. The second-order valence-electron chi connectivity index (χ2n) is 7.66. The van der Waals surface area contributed by atoms with Gasteiger partial charge in [-0.15, -0.1) is 0 Å². The highest BCUT2D eigenvalue weighted by Gasteiger charge is 2.24. The third-order valence-electron chi connectivity index (χ3n) is 5.70. The van der Waals surface area contributed by atoms with Crippen LogP contribution >= 0.6 is 0 Å². The van der Waals surface area contributed by atoms with E-state index >= 15 is 0 Å². The van der Waals surface area contributed by atoms with Gasteiger partial charge in [-0.1, -0.05) is 12.1 Å². The number of nitrogens with one attached hydrogen (secondary N) is 1. The van der Waals surface area contributed by atoms with Crippen LogP contribution in [-0.4, -0.2) is 54.4 Å². The Morgan fingerprint density at radius 2 is 1.68 bits per heavy atom. The largest absolute Gasteiger partial charge is 0.331 e. The monoisotopic (exact) mass is 379 g/mol. The number of aromatic nitrogens is 1. The van der Waals surface area contributed by atoms with Crippen LogP contribution in [0.2, 0.25) is 0 Å². The van der Waals surface area contributed by atoms with Gasteiger partial charge in [0.2, 0.25) is 11.8 Å². The maximum atomic E-state index is 12.7. The third-order valence-corrected chi connectivity index (χ3v) is 5.70. The minimum atomic E-state index is 0.188. The van der Waals surface area contributed by atoms with Gasteiger partial charge >= 0.3 is 0 Å². The van der Waals surface area contributed by atoms with Gasteiger partial charge in [-0.25, -0.2) is 0 Å². The molecule has 6 heteroatoms. The van der Waals surface area contributed by atoms with E-state index in [1.165, 1.54) is 10.5 Å². The van der Waals surface area contributed by atoms with Crippen LogP contribution < -0.4 is 9.80 Å². The molecule has 2 saturated heterocycles. The summed E-state index contributed by atoms with van der Waals surface area (Å²) in [5.74, 6) is 0.379. The van der Waals surface area contributed by atoms with Gasteiger partial charge in [-0.3, -0.25) is 14.6 Å². The first-order chi connectivity index (χ1) is 13.7. The van der Waals surface area contributed by atoms with Gasteiger partial charge in [-0.05, 0) is 36.2 Å². The molecule has 3 heterocycles. The molecule has 1 aromatic heterocycles. The molecule has 0 saturated carbocycles. The average Bonchev–Trinajstić information content (AvgIpc) is 3.16. The predicted molar refractivity (Wildman–Crippen MR) is 107 cm³/mol. The SMILES string of the molecule is O=C(Cc1ccc(N2CCCC2=O)cc1)N1CC[NH+](Cc2ccncc2)CC1. The van der Waals surface area contributed by atoms with Crippen LogP contribution in [0.1, 0.15) is 24.0 Å². The lowest BCUT2D eigenvalue weighted by Crippen LogP contribution is -3.13. The zero-order chi connectivity index (χ0) is 19.3. The number of hydrogen-bond acceptors (Lipinski definition) is 3. The summed E-state index contributed by atoms with van der Waals surface area (Å²) in [4.78, 5) is 33.9. The lowest BCUT2D eigenvalue weighted by Gasteiger charge is -2.32. The molecule has 0 radical (unpaired) electrons. The van der Waals surface area contributed by atoms with Crippen LogP contribution in [0.15, 0.2) is 48.8 Å². The summed E-state index contributed by atoms with van der Waals surface area (Å²) in [6.07, 6.45) is 5.65. The van der Waals surface area contributed by atoms with Gasteiger partial charge in [0.1, 0.15) is 6.54 Å². The second-order valence-corrected chi connectivity index (χ2v) is 7.66. The van der Waals surface area contributed by atoms with Crippen molar-refractivity contribution in [3.63, 3.8) is 0 Å². The highest BCUT2D eigenvalue weighted by Crippen LogP contribution is 2.21. The van der Waals surface area contributed by atoms with Gasteiger partial charge in [-0.2, -0.15) is 0 Å². The van der Waals surface area contributed by atoms with Crippen molar-refractivity contribution in [1.82, 2.24) is 9.88 Å². The number of quaternary nitrogens is 1. The standard InChI is InChI=1S/C22H26N4O2/c27-21-2-1-11-26(21)20-5-3-18(4-6-20)16-22(28)25-14-12-24(13-15-25)17-19-7-9-23-10-8-19/h3-10H,1-2,11-17H2/p+1. The molecule has 2 aliphatic rings. The Bertz CT molecular complexity index is 814. The van der Waals surface area contributed by atoms with Crippen LogP contribution in [-0.2, 0) is 22.6 Å². The average molecular weight is 379 g/mol. The molecule has 0 unspecified atom stereocenters. The maximum Gasteiger partial charge on any atom is 0.227 e. The van der Waals surface area contributed by atoms with Crippen molar-refractivity contribution in [3.8, 4) is 0 Å². The lowest BCUT2D eigenvalue weighted by atomic mass is 10.1. The van der Waals surface area contributed by atoms with Crippen molar-refractivity contribution in [2.24, 2.45) is 0 Å². The highest BCUT2D eigenvalue weighted by molar-refractivity contribution is 5.95. The number of carbonyl (C=O) groups excluding carboxylic acids is 2. The molecule has 0 aliphatic carbocycles. The first kappa shape index (κ1) is 18.6. The predicted octanol–water partition coefficient (Wildman–Crippen LogP) is 0.678. The summed E-state index contributed by atoms with van der Waals surface area (Å²) in [7, 11) is 0. The van der Waals surface area contributed by atoms with Gasteiger partial charge in [0, 0.05) is 36.6 Å². The fraction of sp³-hybridized carbons (Fsp3) is 0.409. The molecule has 4 rings (SSSR count). The number of nitrogens with zero attached hydrogens (tertiary/aromatic N) is 3. The molecule has 2 aromatic rings. The molecule has 6 nitrogen and oxygen atoms in total. The van der Waals surface area contributed by atoms with Crippen LogP contribution in [0.25, 0.3) is 0 Å². The van der Waals surface area contributed by atoms with E-state index in [9.17, 15) is 9.59 Å². The van der Waals surface area contributed by atoms with Crippen molar-refractivity contribution in [1.29, 1.82) is 0 Å². The van der Waals surface area contributed by atoms with E-state index < -0.39 is 0 Å². The molecule has 2 aliphatic heterocycles. The third kappa shape index (κ3) is 4.39. The number of pyridine rings is 1. The highest BCUT2D eigenvalue weighted by atomic mass is 16.2. The van der Waals surface area contributed by atoms with Crippen LogP contribution in [0.3, 0.4) is 0 Å². The quantitative estimate of drug-likeness (QED) is 0.831. The van der Waals surface area contributed by atoms with E-state index in [-0.39, 0.29) is 11.8 Å². The topological polar surface area (TPSA) is 58.0 Å². The Hall–Kier alpha value is -2.73. The molecular weight excluding hydrogens is 352 g/mol. The Morgan fingerprint density at radius 1 is 0.964 bits per heavy atom. The number of amides is 2. The number of rotatable bonds is 5. The number of carbonyl (C=O) groups is 2. The zero-order valence-corrected chi connectivity index (χ0v) is 16.1. The fourth-order valence-corrected chi connectivity index (χ4v) is 4.04. The van der Waals surface area contributed by atoms with Crippen molar-refractivity contribution in [3.05, 3.63) is 59.9 Å². The summed E-state index contributed by atoms with van der Waals surface area (Å²) in [5, 5.41) is 0. The number of benzene rings is 1. The van der Waals surface area contributed by atoms with Crippen molar-refractivity contribution in [2.45, 2.75) is 25.8 Å². The first-order valence-corrected chi connectivity index (χ1v) is 10.1. The van der Waals surface area contributed by atoms with Crippen molar-refractivity contribution >= 4 is 17.5 Å². The minimum Gasteiger partial charge on any atom is -0.331 e. The van der Waals surface area contributed by atoms with Gasteiger partial charge < -0.3 is 14.7 Å². The van der Waals surface area contributed by atoms with E-state index in [1.54, 1.807) is 0 Å². The molecule has 0 spiro atoms. The Balaban J connectivity index is 1.27. The van der Waals surface area contributed by atoms with Crippen molar-refractivity contribution in [2.75, 3.05) is 37.6 Å². The smallest absolute Gasteiger partial charge is 0.227 e. The van der Waals surface area contributed by atoms with Gasteiger partial charge in [0.15, 0.2) is 0 Å². The van der Waals surface area contributed by atoms with E-state index in [4.69, 9.17) is 0 Å². The Labute approximate surface area is 165 Å². The maximum absolute atomic E-state index is 12.7. The number of anilines is 1. The lowest BCUT2D eigenvalue weighted by molar-refractivity contribution is -0.917. The van der Waals surface area contributed by atoms with Crippen LogP contribution in [0, 0.1) is 0 Å². The van der Waals surface area contributed by atoms with Crippen LogP contribution in [0.5, 0.6) is 0 Å². The van der Waals surface area contributed by atoms with Crippen molar-refractivity contribution < 1.29 is 14.5 Å². The van der Waals surface area contributed by atoms with E-state index in [2.05, 4.69) is 17.1 Å². The molecule has 0 bridgehead atoms. The summed E-state index contributed by atoms with van der Waals surface area (Å²) in [6.45, 7) is 5.35. The Kier molecular flexibility index (Phi) is 5.67. The molecule has 0 atom stereocenters. The molecule has 1 N–H and O–H groups in total. The number of piperazine rings is 1. The number of hydrogen-bond donors (Lipinski definition) is 1. The normalized spacial score (nSPS) is 17.9.